The zero-order chi connectivity index (χ0) is 20.5. The number of Topliss-reactive ketones (excluding diaryl/α,β-unsaturated/α-hetero) is 1. The van der Waals surface area contributed by atoms with Gasteiger partial charge in [-0.25, -0.2) is 4.98 Å². The Hall–Kier alpha value is -3.20. The van der Waals surface area contributed by atoms with Crippen LogP contribution >= 0.6 is 11.6 Å². The van der Waals surface area contributed by atoms with Gasteiger partial charge in [-0.05, 0) is 24.3 Å². The van der Waals surface area contributed by atoms with Crippen LogP contribution in [0.5, 0.6) is 5.75 Å². The van der Waals surface area contributed by atoms with Gasteiger partial charge in [0.25, 0.3) is 5.69 Å². The molecule has 0 aliphatic carbocycles. The van der Waals surface area contributed by atoms with Gasteiger partial charge in [-0.2, -0.15) is 0 Å². The molecule has 0 N–H and O–H groups in total. The van der Waals surface area contributed by atoms with Crippen molar-refractivity contribution in [2.45, 2.75) is 12.8 Å². The molecule has 2 aromatic carbocycles. The molecule has 0 bridgehead atoms. The summed E-state index contributed by atoms with van der Waals surface area (Å²) in [5.74, 6) is -1.27. The molecule has 0 spiro atoms. The monoisotopic (exact) mass is 410 g/mol. The van der Waals surface area contributed by atoms with E-state index < -0.39 is 34.9 Å². The minimum Gasteiger partial charge on any atom is -0.406 e. The highest BCUT2D eigenvalue weighted by Gasteiger charge is 2.32. The second-order valence-electron chi connectivity index (χ2n) is 5.70. The van der Waals surface area contributed by atoms with Gasteiger partial charge in [0.05, 0.1) is 15.5 Å². The molecule has 3 rings (SSSR count). The largest absolute Gasteiger partial charge is 0.573 e. The van der Waals surface area contributed by atoms with Crippen LogP contribution in [0.25, 0.3) is 10.9 Å². The molecule has 28 heavy (non-hydrogen) atoms. The third-order valence-corrected chi connectivity index (χ3v) is 4.09. The topological polar surface area (TPSA) is 82.3 Å². The van der Waals surface area contributed by atoms with Crippen LogP contribution in [0, 0.1) is 10.1 Å². The molecule has 0 aliphatic rings. The van der Waals surface area contributed by atoms with E-state index in [0.717, 1.165) is 18.2 Å². The Morgan fingerprint density at radius 3 is 2.61 bits per heavy atom. The number of nitro benzene ring substituents is 1. The number of para-hydroxylation sites is 1. The zero-order valence-corrected chi connectivity index (χ0v) is 14.6. The van der Waals surface area contributed by atoms with E-state index in [9.17, 15) is 28.1 Å². The number of halogens is 4. The number of alkyl halides is 3. The minimum atomic E-state index is -4.96. The van der Waals surface area contributed by atoms with Gasteiger partial charge < -0.3 is 4.74 Å². The Kier molecular flexibility index (Phi) is 5.19. The van der Waals surface area contributed by atoms with E-state index in [0.29, 0.717) is 15.9 Å². The summed E-state index contributed by atoms with van der Waals surface area (Å²) < 4.78 is 41.0. The standard InChI is InChI=1S/C18H10ClF3N2O4/c19-13-3-1-2-10-4-6-14(23-17(10)13)16(25)9-11-8-12(28-18(20,21)22)5-7-15(11)24(26)27/h1-8H,9H2. The SMILES string of the molecule is O=C(Cc1cc(OC(F)(F)F)ccc1[N+](=O)[O-])c1ccc2cccc(Cl)c2n1. The quantitative estimate of drug-likeness (QED) is 0.331. The third kappa shape index (κ3) is 4.37. The number of aromatic nitrogens is 1. The summed E-state index contributed by atoms with van der Waals surface area (Å²) in [6.07, 6.45) is -5.50. The first-order chi connectivity index (χ1) is 13.1. The lowest BCUT2D eigenvalue weighted by molar-refractivity contribution is -0.385. The molecule has 1 aromatic heterocycles. The number of hydrogen-bond acceptors (Lipinski definition) is 5. The van der Waals surface area contributed by atoms with Gasteiger partial charge in [0.2, 0.25) is 0 Å². The molecule has 0 amide bonds. The lowest BCUT2D eigenvalue weighted by atomic mass is 10.0. The Morgan fingerprint density at radius 1 is 1.18 bits per heavy atom. The predicted octanol–water partition coefficient (Wildman–Crippen LogP) is 5.12. The predicted molar refractivity (Wildman–Crippen MR) is 94.6 cm³/mol. The van der Waals surface area contributed by atoms with Gasteiger partial charge in [0, 0.05) is 23.4 Å². The molecule has 0 fully saturated rings. The maximum absolute atomic E-state index is 12.5. The summed E-state index contributed by atoms with van der Waals surface area (Å²) >= 11 is 6.06. The molecule has 1 heterocycles. The van der Waals surface area contributed by atoms with Crippen LogP contribution in [-0.4, -0.2) is 22.1 Å². The average Bonchev–Trinajstić information content (AvgIpc) is 2.60. The van der Waals surface area contributed by atoms with Crippen LogP contribution in [0.4, 0.5) is 18.9 Å². The molecule has 0 aliphatic heterocycles. The lowest BCUT2D eigenvalue weighted by Gasteiger charge is -2.10. The highest BCUT2D eigenvalue weighted by atomic mass is 35.5. The van der Waals surface area contributed by atoms with Crippen molar-refractivity contribution in [3.8, 4) is 5.75 Å². The number of fused-ring (bicyclic) bond motifs is 1. The van der Waals surface area contributed by atoms with E-state index >= 15 is 0 Å². The summed E-state index contributed by atoms with van der Waals surface area (Å²) in [6.45, 7) is 0. The Bertz CT molecular complexity index is 1090. The van der Waals surface area contributed by atoms with Gasteiger partial charge in [-0.3, -0.25) is 14.9 Å². The fourth-order valence-electron chi connectivity index (χ4n) is 2.61. The van der Waals surface area contributed by atoms with E-state index in [-0.39, 0.29) is 11.3 Å². The van der Waals surface area contributed by atoms with Crippen molar-refractivity contribution in [1.82, 2.24) is 4.98 Å². The summed E-state index contributed by atoms with van der Waals surface area (Å²) in [6, 6.07) is 10.6. The van der Waals surface area contributed by atoms with Crippen molar-refractivity contribution in [3.05, 3.63) is 74.9 Å². The van der Waals surface area contributed by atoms with E-state index in [1.54, 1.807) is 24.3 Å². The number of benzene rings is 2. The van der Waals surface area contributed by atoms with Crippen LogP contribution in [0.1, 0.15) is 16.1 Å². The fourth-order valence-corrected chi connectivity index (χ4v) is 2.83. The van der Waals surface area contributed by atoms with Crippen molar-refractivity contribution in [2.24, 2.45) is 0 Å². The van der Waals surface area contributed by atoms with Crippen molar-refractivity contribution < 1.29 is 27.6 Å². The molecule has 0 radical (unpaired) electrons. The number of ketones is 1. The molecule has 0 atom stereocenters. The summed E-state index contributed by atoms with van der Waals surface area (Å²) in [5, 5.41) is 12.2. The Morgan fingerprint density at radius 2 is 1.93 bits per heavy atom. The second-order valence-corrected chi connectivity index (χ2v) is 6.11. The third-order valence-electron chi connectivity index (χ3n) is 3.79. The van der Waals surface area contributed by atoms with E-state index in [1.165, 1.54) is 6.07 Å². The number of hydrogen-bond donors (Lipinski definition) is 0. The maximum Gasteiger partial charge on any atom is 0.573 e. The number of carbonyl (C=O) groups excluding carboxylic acids is 1. The van der Waals surface area contributed by atoms with Crippen LogP contribution in [0.3, 0.4) is 0 Å². The van der Waals surface area contributed by atoms with Crippen molar-refractivity contribution in [2.75, 3.05) is 0 Å². The molecule has 3 aromatic rings. The van der Waals surface area contributed by atoms with E-state index in [4.69, 9.17) is 11.6 Å². The van der Waals surface area contributed by atoms with E-state index in [1.807, 2.05) is 0 Å². The number of nitrogens with zero attached hydrogens (tertiary/aromatic N) is 2. The van der Waals surface area contributed by atoms with E-state index in [2.05, 4.69) is 9.72 Å². The molecular weight excluding hydrogens is 401 g/mol. The van der Waals surface area contributed by atoms with Crippen LogP contribution in [0.2, 0.25) is 5.02 Å². The van der Waals surface area contributed by atoms with Crippen molar-refractivity contribution in [3.63, 3.8) is 0 Å². The smallest absolute Gasteiger partial charge is 0.406 e. The summed E-state index contributed by atoms with van der Waals surface area (Å²) in [4.78, 5) is 27.1. The lowest BCUT2D eigenvalue weighted by Crippen LogP contribution is -2.17. The minimum absolute atomic E-state index is 0.0166. The molecule has 0 saturated heterocycles. The van der Waals surface area contributed by atoms with Gasteiger partial charge in [-0.15, -0.1) is 13.2 Å². The maximum atomic E-state index is 12.5. The van der Waals surface area contributed by atoms with Crippen LogP contribution in [0.15, 0.2) is 48.5 Å². The normalized spacial score (nSPS) is 11.4. The molecule has 0 unspecified atom stereocenters. The molecule has 144 valence electrons. The van der Waals surface area contributed by atoms with Crippen molar-refractivity contribution >= 4 is 34.0 Å². The number of pyridine rings is 1. The molecule has 10 heteroatoms. The van der Waals surface area contributed by atoms with Crippen LogP contribution < -0.4 is 4.74 Å². The van der Waals surface area contributed by atoms with Gasteiger partial charge >= 0.3 is 6.36 Å². The second kappa shape index (κ2) is 7.43. The Labute approximate surface area is 160 Å². The number of carbonyl (C=O) groups is 1. The fraction of sp³-hybridized carbons (Fsp3) is 0.111. The van der Waals surface area contributed by atoms with Gasteiger partial charge in [0.15, 0.2) is 5.78 Å². The van der Waals surface area contributed by atoms with Gasteiger partial charge in [0.1, 0.15) is 11.4 Å². The number of rotatable bonds is 5. The zero-order valence-electron chi connectivity index (χ0n) is 13.9. The summed E-state index contributed by atoms with van der Waals surface area (Å²) in [7, 11) is 0. The number of ether oxygens (including phenoxy) is 1. The first kappa shape index (κ1) is 19.6. The highest BCUT2D eigenvalue weighted by molar-refractivity contribution is 6.35. The average molecular weight is 411 g/mol. The summed E-state index contributed by atoms with van der Waals surface area (Å²) in [5.41, 5.74) is -0.366. The van der Waals surface area contributed by atoms with Crippen molar-refractivity contribution in [1.29, 1.82) is 0 Å². The highest BCUT2D eigenvalue weighted by Crippen LogP contribution is 2.29. The first-order valence-corrected chi connectivity index (χ1v) is 8.13. The molecule has 6 nitrogen and oxygen atoms in total. The van der Waals surface area contributed by atoms with Crippen LogP contribution in [-0.2, 0) is 6.42 Å². The molecule has 0 saturated carbocycles. The number of nitro groups is 1. The first-order valence-electron chi connectivity index (χ1n) is 7.75. The Balaban J connectivity index is 1.95. The molecular formula is C18H10ClF3N2O4. The van der Waals surface area contributed by atoms with Gasteiger partial charge in [-0.1, -0.05) is 29.8 Å².